The summed E-state index contributed by atoms with van der Waals surface area (Å²) in [6.45, 7) is 1.58. The van der Waals surface area contributed by atoms with Crippen molar-refractivity contribution in [2.45, 2.75) is 13.5 Å². The van der Waals surface area contributed by atoms with Crippen LogP contribution in [0.2, 0.25) is 5.02 Å². The number of carbonyl (C=O) groups excluding carboxylic acids is 1. The number of rotatable bonds is 7. The number of furan rings is 1. The van der Waals surface area contributed by atoms with Crippen molar-refractivity contribution in [2.24, 2.45) is 0 Å². The molecule has 11 heteroatoms. The molecular weight excluding hydrogens is 418 g/mol. The van der Waals surface area contributed by atoms with Crippen molar-refractivity contribution in [3.8, 4) is 5.75 Å². The molecule has 1 amide bonds. The first-order chi connectivity index (χ1) is 14.2. The molecule has 154 valence electrons. The van der Waals surface area contributed by atoms with Gasteiger partial charge >= 0.3 is 5.69 Å². The molecule has 10 nitrogen and oxygen atoms in total. The van der Waals surface area contributed by atoms with Crippen LogP contribution in [-0.2, 0) is 6.61 Å². The fourth-order valence-electron chi connectivity index (χ4n) is 2.53. The van der Waals surface area contributed by atoms with Gasteiger partial charge in [-0.25, -0.2) is 0 Å². The Morgan fingerprint density at radius 3 is 2.57 bits per heavy atom. The molecule has 0 spiro atoms. The first-order valence-corrected chi connectivity index (χ1v) is 8.84. The minimum atomic E-state index is -0.676. The Balaban J connectivity index is 1.70. The van der Waals surface area contributed by atoms with E-state index in [1.807, 2.05) is 0 Å². The quantitative estimate of drug-likeness (QED) is 0.415. The fourth-order valence-corrected chi connectivity index (χ4v) is 2.69. The zero-order chi connectivity index (χ0) is 21.8. The first-order valence-electron chi connectivity index (χ1n) is 8.46. The Bertz CT molecular complexity index is 1140. The molecule has 0 fully saturated rings. The third-order valence-electron chi connectivity index (χ3n) is 3.98. The van der Waals surface area contributed by atoms with Gasteiger partial charge in [-0.2, -0.15) is 0 Å². The highest BCUT2D eigenvalue weighted by Gasteiger charge is 2.18. The Morgan fingerprint density at radius 2 is 1.87 bits per heavy atom. The van der Waals surface area contributed by atoms with Crippen LogP contribution in [0.3, 0.4) is 0 Å². The normalized spacial score (nSPS) is 10.5. The molecule has 0 saturated carbocycles. The molecule has 0 unspecified atom stereocenters. The van der Waals surface area contributed by atoms with Gasteiger partial charge in [0, 0.05) is 18.2 Å². The van der Waals surface area contributed by atoms with Crippen LogP contribution in [0.1, 0.15) is 21.9 Å². The van der Waals surface area contributed by atoms with Crippen molar-refractivity contribution in [3.63, 3.8) is 0 Å². The number of halogens is 1. The molecular formula is C19H14ClN3O7. The molecule has 0 aliphatic carbocycles. The number of nitro groups is 2. The third kappa shape index (κ3) is 4.73. The number of amides is 1. The lowest BCUT2D eigenvalue weighted by Crippen LogP contribution is -2.11. The SMILES string of the molecule is Cc1ccc(OCc2ccc(C(=O)Nc3cc([N+](=O)[O-])ccc3Cl)o2)c([N+](=O)[O-])c1. The number of nitrogens with one attached hydrogen (secondary N) is 1. The summed E-state index contributed by atoms with van der Waals surface area (Å²) < 4.78 is 10.8. The lowest BCUT2D eigenvalue weighted by atomic mass is 10.2. The van der Waals surface area contributed by atoms with E-state index in [-0.39, 0.29) is 46.0 Å². The molecule has 0 bridgehead atoms. The zero-order valence-electron chi connectivity index (χ0n) is 15.5. The van der Waals surface area contributed by atoms with Crippen molar-refractivity contribution in [3.05, 3.63) is 90.9 Å². The number of nitro benzene ring substituents is 2. The topological polar surface area (TPSA) is 138 Å². The highest BCUT2D eigenvalue weighted by Crippen LogP contribution is 2.29. The number of ether oxygens (including phenoxy) is 1. The molecule has 0 atom stereocenters. The number of hydrogen-bond donors (Lipinski definition) is 1. The van der Waals surface area contributed by atoms with Crippen LogP contribution in [0.4, 0.5) is 17.1 Å². The fraction of sp³-hybridized carbons (Fsp3) is 0.105. The van der Waals surface area contributed by atoms with Crippen molar-refractivity contribution in [2.75, 3.05) is 5.32 Å². The van der Waals surface area contributed by atoms with Crippen LogP contribution in [-0.4, -0.2) is 15.8 Å². The van der Waals surface area contributed by atoms with Gasteiger partial charge in [0.15, 0.2) is 11.5 Å². The number of non-ortho nitro benzene ring substituents is 1. The minimum Gasteiger partial charge on any atom is -0.479 e. The number of carbonyl (C=O) groups is 1. The Hall–Kier alpha value is -3.92. The van der Waals surface area contributed by atoms with Gasteiger partial charge in [0.25, 0.3) is 11.6 Å². The summed E-state index contributed by atoms with van der Waals surface area (Å²) >= 11 is 5.96. The van der Waals surface area contributed by atoms with Gasteiger partial charge in [-0.15, -0.1) is 0 Å². The number of anilines is 1. The van der Waals surface area contributed by atoms with E-state index < -0.39 is 15.8 Å². The third-order valence-corrected chi connectivity index (χ3v) is 4.31. The van der Waals surface area contributed by atoms with Crippen LogP contribution >= 0.6 is 11.6 Å². The summed E-state index contributed by atoms with van der Waals surface area (Å²) in [5, 5.41) is 24.6. The maximum Gasteiger partial charge on any atom is 0.311 e. The maximum absolute atomic E-state index is 12.4. The smallest absolute Gasteiger partial charge is 0.311 e. The first kappa shape index (κ1) is 20.8. The van der Waals surface area contributed by atoms with Gasteiger partial charge in [0.1, 0.15) is 12.4 Å². The van der Waals surface area contributed by atoms with Crippen LogP contribution in [0.25, 0.3) is 0 Å². The summed E-state index contributed by atoms with van der Waals surface area (Å²) in [7, 11) is 0. The number of aryl methyl sites for hydroxylation is 1. The Labute approximate surface area is 174 Å². The van der Waals surface area contributed by atoms with Crippen LogP contribution in [0.5, 0.6) is 5.75 Å². The molecule has 3 aromatic rings. The molecule has 0 radical (unpaired) electrons. The van der Waals surface area contributed by atoms with Crippen molar-refractivity contribution < 1.29 is 23.8 Å². The predicted octanol–water partition coefficient (Wildman–Crippen LogP) is 4.89. The number of benzene rings is 2. The summed E-state index contributed by atoms with van der Waals surface area (Å²) in [6, 6.07) is 11.0. The van der Waals surface area contributed by atoms with E-state index in [2.05, 4.69) is 5.32 Å². The van der Waals surface area contributed by atoms with Crippen LogP contribution in [0.15, 0.2) is 52.9 Å². The molecule has 0 aliphatic rings. The van der Waals surface area contributed by atoms with E-state index in [0.717, 1.165) is 6.07 Å². The molecule has 1 heterocycles. The maximum atomic E-state index is 12.4. The average molecular weight is 432 g/mol. The van der Waals surface area contributed by atoms with Crippen molar-refractivity contribution in [1.82, 2.24) is 0 Å². The Morgan fingerprint density at radius 1 is 1.10 bits per heavy atom. The van der Waals surface area contributed by atoms with E-state index in [1.54, 1.807) is 13.0 Å². The summed E-state index contributed by atoms with van der Waals surface area (Å²) in [4.78, 5) is 33.2. The summed E-state index contributed by atoms with van der Waals surface area (Å²) in [5.74, 6) is -0.448. The van der Waals surface area contributed by atoms with E-state index in [4.69, 9.17) is 20.8 Å². The van der Waals surface area contributed by atoms with Gasteiger partial charge in [-0.05, 0) is 36.8 Å². The van der Waals surface area contributed by atoms with Crippen molar-refractivity contribution >= 4 is 34.6 Å². The molecule has 0 saturated heterocycles. The van der Waals surface area contributed by atoms with E-state index in [1.165, 1.54) is 36.4 Å². The van der Waals surface area contributed by atoms with E-state index in [9.17, 15) is 25.0 Å². The predicted molar refractivity (Wildman–Crippen MR) is 107 cm³/mol. The summed E-state index contributed by atoms with van der Waals surface area (Å²) in [5.41, 5.74) is 0.355. The minimum absolute atomic E-state index is 0.0559. The van der Waals surface area contributed by atoms with Crippen LogP contribution < -0.4 is 10.1 Å². The monoisotopic (exact) mass is 431 g/mol. The van der Waals surface area contributed by atoms with E-state index >= 15 is 0 Å². The number of nitrogens with zero attached hydrogens (tertiary/aromatic N) is 2. The lowest BCUT2D eigenvalue weighted by Gasteiger charge is -2.06. The standard InChI is InChI=1S/C19H14ClN3O7/c1-11-2-6-17(16(8-11)23(27)28)29-10-13-4-7-18(30-13)19(24)21-15-9-12(22(25)26)3-5-14(15)20/h2-9H,10H2,1H3,(H,21,24). The van der Waals surface area contributed by atoms with Gasteiger partial charge in [-0.1, -0.05) is 17.7 Å². The highest BCUT2D eigenvalue weighted by molar-refractivity contribution is 6.34. The largest absolute Gasteiger partial charge is 0.479 e. The Kier molecular flexibility index (Phi) is 5.98. The lowest BCUT2D eigenvalue weighted by molar-refractivity contribution is -0.386. The van der Waals surface area contributed by atoms with Gasteiger partial charge in [0.05, 0.1) is 20.6 Å². The van der Waals surface area contributed by atoms with Crippen LogP contribution in [0, 0.1) is 27.2 Å². The van der Waals surface area contributed by atoms with Gasteiger partial charge in [-0.3, -0.25) is 25.0 Å². The van der Waals surface area contributed by atoms with Gasteiger partial charge < -0.3 is 14.5 Å². The molecule has 3 rings (SSSR count). The van der Waals surface area contributed by atoms with Crippen molar-refractivity contribution in [1.29, 1.82) is 0 Å². The average Bonchev–Trinajstić information content (AvgIpc) is 3.17. The van der Waals surface area contributed by atoms with E-state index in [0.29, 0.717) is 5.56 Å². The molecule has 1 N–H and O–H groups in total. The molecule has 2 aromatic carbocycles. The summed E-state index contributed by atoms with van der Waals surface area (Å²) in [6.07, 6.45) is 0. The number of hydrogen-bond acceptors (Lipinski definition) is 7. The molecule has 30 heavy (non-hydrogen) atoms. The molecule has 1 aromatic heterocycles. The second-order valence-corrected chi connectivity index (χ2v) is 6.57. The highest BCUT2D eigenvalue weighted by atomic mass is 35.5. The molecule has 0 aliphatic heterocycles. The van der Waals surface area contributed by atoms with Gasteiger partial charge in [0.2, 0.25) is 0 Å². The second kappa shape index (κ2) is 8.62. The second-order valence-electron chi connectivity index (χ2n) is 6.16. The zero-order valence-corrected chi connectivity index (χ0v) is 16.2.